The Labute approximate surface area is 166 Å². The van der Waals surface area contributed by atoms with Gasteiger partial charge in [-0.15, -0.1) is 0 Å². The van der Waals surface area contributed by atoms with Crippen molar-refractivity contribution in [3.05, 3.63) is 30.1 Å². The second-order valence-electron chi connectivity index (χ2n) is 4.61. The highest BCUT2D eigenvalue weighted by Crippen LogP contribution is 2.47. The van der Waals surface area contributed by atoms with E-state index in [9.17, 15) is 34.8 Å². The smallest absolute Gasteiger partial charge is 0.332 e. The van der Waals surface area contributed by atoms with Gasteiger partial charge in [-0.1, -0.05) is 0 Å². The molecular weight excluding hydrogens is 536 g/mol. The number of esters is 1. The minimum atomic E-state index is -1.59. The van der Waals surface area contributed by atoms with Crippen LogP contribution in [-0.4, -0.2) is 45.4 Å². The summed E-state index contributed by atoms with van der Waals surface area (Å²) in [6.45, 7) is 0. The average Bonchev–Trinajstić information content (AvgIpc) is 2.56. The third kappa shape index (κ3) is 4.73. The molecule has 0 aliphatic heterocycles. The van der Waals surface area contributed by atoms with E-state index in [1.54, 1.807) is 0 Å². The summed E-state index contributed by atoms with van der Waals surface area (Å²) >= 11 is 9.20. The first-order valence-electron chi connectivity index (χ1n) is 6.35. The van der Waals surface area contributed by atoms with E-state index in [-0.39, 0.29) is 19.0 Å². The largest absolute Gasteiger partial charge is 0.503 e. The normalized spacial score (nSPS) is 11.7. The number of rotatable bonds is 6. The van der Waals surface area contributed by atoms with Gasteiger partial charge in [-0.25, -0.2) is 9.59 Å². The number of carboxylic acid groups (broad SMARTS) is 2. The van der Waals surface area contributed by atoms with Crippen LogP contribution in [-0.2, 0) is 25.5 Å². The third-order valence-electron chi connectivity index (χ3n) is 3.15. The Morgan fingerprint density at radius 3 is 1.80 bits per heavy atom. The topological polar surface area (TPSA) is 141 Å². The summed E-state index contributed by atoms with van der Waals surface area (Å²) in [5, 5.41) is 38.3. The van der Waals surface area contributed by atoms with E-state index in [2.05, 4.69) is 52.5 Å². The molecule has 1 aromatic carbocycles. The molecule has 0 atom stereocenters. The third-order valence-corrected chi connectivity index (χ3v) is 6.18. The summed E-state index contributed by atoms with van der Waals surface area (Å²) < 4.78 is 4.62. The molecule has 0 aliphatic carbocycles. The monoisotopic (exact) mass is 544 g/mol. The van der Waals surface area contributed by atoms with Crippen LogP contribution in [0.3, 0.4) is 0 Å². The number of carbonyl (C=O) groups is 3. The van der Waals surface area contributed by atoms with Gasteiger partial charge in [0.25, 0.3) is 0 Å². The molecule has 4 N–H and O–H groups in total. The molecule has 0 amide bonds. The van der Waals surface area contributed by atoms with Crippen LogP contribution < -0.4 is 0 Å². The molecule has 0 spiro atoms. The van der Waals surface area contributed by atoms with E-state index >= 15 is 0 Å². The maximum Gasteiger partial charge on any atom is 0.332 e. The number of aromatic hydroxyl groups is 2. The highest BCUT2D eigenvalue weighted by atomic mass is 79.9. The summed E-state index contributed by atoms with van der Waals surface area (Å²) in [7, 11) is 1.05. The predicted octanol–water partition coefficient (Wildman–Crippen LogP) is 2.96. The Kier molecular flexibility index (Phi) is 7.44. The lowest BCUT2D eigenvalue weighted by molar-refractivity contribution is -0.142. The van der Waals surface area contributed by atoms with Crippen LogP contribution in [0, 0.1) is 0 Å². The van der Waals surface area contributed by atoms with Gasteiger partial charge in [0.2, 0.25) is 0 Å². The molecule has 8 nitrogen and oxygen atoms in total. The number of halogens is 3. The summed E-state index contributed by atoms with van der Waals surface area (Å²) in [5.74, 6) is -5.10. The fourth-order valence-corrected chi connectivity index (χ4v) is 3.60. The van der Waals surface area contributed by atoms with Gasteiger partial charge in [0, 0.05) is 10.9 Å². The van der Waals surface area contributed by atoms with E-state index in [1.165, 1.54) is 0 Å². The number of aliphatic carboxylic acids is 2. The van der Waals surface area contributed by atoms with Crippen LogP contribution in [0.5, 0.6) is 11.5 Å². The molecule has 25 heavy (non-hydrogen) atoms. The van der Waals surface area contributed by atoms with E-state index in [4.69, 9.17) is 0 Å². The lowest BCUT2D eigenvalue weighted by atomic mass is 9.97. The van der Waals surface area contributed by atoms with Crippen molar-refractivity contribution in [2.45, 2.75) is 12.8 Å². The summed E-state index contributed by atoms with van der Waals surface area (Å²) in [5.41, 5.74) is -1.07. The lowest BCUT2D eigenvalue weighted by Gasteiger charge is -2.15. The highest BCUT2D eigenvalue weighted by Gasteiger charge is 2.27. The average molecular weight is 547 g/mol. The number of ether oxygens (including phenoxy) is 1. The first-order chi connectivity index (χ1) is 11.5. The number of phenols is 2. The van der Waals surface area contributed by atoms with E-state index in [0.717, 1.165) is 7.11 Å². The number of phenolic OH excluding ortho intramolecular Hbond substituents is 2. The molecule has 0 radical (unpaired) electrons. The molecule has 0 bridgehead atoms. The minimum Gasteiger partial charge on any atom is -0.503 e. The standard InChI is InChI=1S/C14H11Br3O8/c1-25-7(18)3-5(14(23)24)4(13(21)22)2-6-8(15)10(17)12(20)11(19)9(6)16/h19-20H,2-3H2,1H3,(H,21,22)(H,23,24). The second kappa shape index (κ2) is 8.68. The molecule has 11 heteroatoms. The van der Waals surface area contributed by atoms with Crippen molar-refractivity contribution in [3.8, 4) is 11.5 Å². The number of methoxy groups -OCH3 is 1. The zero-order valence-electron chi connectivity index (χ0n) is 12.5. The summed E-state index contributed by atoms with van der Waals surface area (Å²) in [6.07, 6.45) is -1.20. The molecule has 0 unspecified atom stereocenters. The van der Waals surface area contributed by atoms with E-state index in [0.29, 0.717) is 0 Å². The second-order valence-corrected chi connectivity index (χ2v) is 6.99. The molecule has 0 aromatic heterocycles. The van der Waals surface area contributed by atoms with Gasteiger partial charge >= 0.3 is 17.9 Å². The van der Waals surface area contributed by atoms with Crippen molar-refractivity contribution in [2.75, 3.05) is 7.11 Å². The van der Waals surface area contributed by atoms with Crippen molar-refractivity contribution in [1.82, 2.24) is 0 Å². The number of carboxylic acids is 2. The molecule has 1 aromatic rings. The lowest BCUT2D eigenvalue weighted by Crippen LogP contribution is -2.17. The predicted molar refractivity (Wildman–Crippen MR) is 95.5 cm³/mol. The molecule has 0 saturated carbocycles. The Bertz CT molecular complexity index is 756. The maximum absolute atomic E-state index is 11.6. The van der Waals surface area contributed by atoms with Crippen LogP contribution in [0.25, 0.3) is 0 Å². The van der Waals surface area contributed by atoms with Crippen molar-refractivity contribution >= 4 is 65.7 Å². The number of benzene rings is 1. The Balaban J connectivity index is 3.59. The Hall–Kier alpha value is -1.59. The quantitative estimate of drug-likeness (QED) is 0.185. The first kappa shape index (κ1) is 21.5. The molecule has 136 valence electrons. The van der Waals surface area contributed by atoms with Crippen molar-refractivity contribution in [1.29, 1.82) is 0 Å². The number of hydrogen-bond donors (Lipinski definition) is 4. The zero-order chi connectivity index (χ0) is 19.5. The summed E-state index contributed by atoms with van der Waals surface area (Å²) in [4.78, 5) is 34.3. The van der Waals surface area contributed by atoms with E-state index < -0.39 is 53.4 Å². The highest BCUT2D eigenvalue weighted by molar-refractivity contribution is 9.13. The Morgan fingerprint density at radius 2 is 1.36 bits per heavy atom. The molecule has 0 aliphatic rings. The van der Waals surface area contributed by atoms with Crippen LogP contribution in [0.15, 0.2) is 24.6 Å². The van der Waals surface area contributed by atoms with Crippen LogP contribution >= 0.6 is 47.8 Å². The number of hydrogen-bond acceptors (Lipinski definition) is 6. The van der Waals surface area contributed by atoms with Crippen molar-refractivity contribution < 1.29 is 39.5 Å². The minimum absolute atomic E-state index is 0.0263. The molecule has 0 fully saturated rings. The Morgan fingerprint density at radius 1 is 0.880 bits per heavy atom. The van der Waals surface area contributed by atoms with Gasteiger partial charge in [0.1, 0.15) is 0 Å². The van der Waals surface area contributed by atoms with Crippen molar-refractivity contribution in [2.24, 2.45) is 0 Å². The molecule has 0 heterocycles. The summed E-state index contributed by atoms with van der Waals surface area (Å²) in [6, 6.07) is 0. The fourth-order valence-electron chi connectivity index (χ4n) is 1.85. The van der Waals surface area contributed by atoms with Crippen LogP contribution in [0.1, 0.15) is 12.0 Å². The van der Waals surface area contributed by atoms with Crippen molar-refractivity contribution in [3.63, 3.8) is 0 Å². The zero-order valence-corrected chi connectivity index (χ0v) is 17.2. The van der Waals surface area contributed by atoms with Crippen LogP contribution in [0.2, 0.25) is 0 Å². The van der Waals surface area contributed by atoms with Gasteiger partial charge in [-0.3, -0.25) is 4.79 Å². The number of carbonyl (C=O) groups excluding carboxylic acids is 1. The first-order valence-corrected chi connectivity index (χ1v) is 8.73. The van der Waals surface area contributed by atoms with Gasteiger partial charge in [-0.2, -0.15) is 0 Å². The van der Waals surface area contributed by atoms with E-state index in [1.807, 2.05) is 0 Å². The van der Waals surface area contributed by atoms with Gasteiger partial charge in [0.15, 0.2) is 11.5 Å². The molecule has 0 saturated heterocycles. The maximum atomic E-state index is 11.6. The van der Waals surface area contributed by atoms with Gasteiger partial charge < -0.3 is 25.2 Å². The fraction of sp³-hybridized carbons (Fsp3) is 0.214. The van der Waals surface area contributed by atoms with Gasteiger partial charge in [0.05, 0.1) is 33.6 Å². The SMILES string of the molecule is COC(=O)CC(C(=O)O)=C(Cc1c(Br)c(O)c(O)c(Br)c1Br)C(=O)O. The van der Waals surface area contributed by atoms with Gasteiger partial charge in [-0.05, 0) is 53.4 Å². The van der Waals surface area contributed by atoms with Crippen LogP contribution in [0.4, 0.5) is 0 Å². The molecular formula is C14H11Br3O8. The molecule has 1 rings (SSSR count).